The fourth-order valence-corrected chi connectivity index (χ4v) is 6.65. The molecule has 2 unspecified atom stereocenters. The number of hydrogen-bond acceptors (Lipinski definition) is 16. The number of unbranched alkanes of at least 4 members (excludes halogenated alkanes) is 12. The molecule has 3 heterocycles. The second-order valence-electron chi connectivity index (χ2n) is 14.2. The molecule has 16 heteroatoms. The van der Waals surface area contributed by atoms with E-state index in [-0.39, 0.29) is 6.61 Å². The second kappa shape index (κ2) is 23.9. The summed E-state index contributed by atoms with van der Waals surface area (Å²) in [5.41, 5.74) is 0. The number of aliphatic hydroxyl groups is 10. The molecule has 0 spiro atoms. The van der Waals surface area contributed by atoms with E-state index in [1.54, 1.807) is 0 Å². The summed E-state index contributed by atoms with van der Waals surface area (Å²) in [6, 6.07) is 0. The van der Waals surface area contributed by atoms with Crippen LogP contribution in [-0.4, -0.2) is 170 Å². The first-order valence-corrected chi connectivity index (χ1v) is 19.2. The summed E-state index contributed by atoms with van der Waals surface area (Å²) in [5.74, 6) is -2.36. The van der Waals surface area contributed by atoms with E-state index in [1.807, 2.05) is 0 Å². The van der Waals surface area contributed by atoms with Gasteiger partial charge in [-0.05, 0) is 32.1 Å². The van der Waals surface area contributed by atoms with Crippen molar-refractivity contribution in [2.24, 2.45) is 0 Å². The van der Waals surface area contributed by atoms with Crippen molar-refractivity contribution in [3.8, 4) is 0 Å². The highest BCUT2D eigenvalue weighted by atomic mass is 16.8. The van der Waals surface area contributed by atoms with Gasteiger partial charge in [0.15, 0.2) is 12.6 Å². The van der Waals surface area contributed by atoms with Crippen molar-refractivity contribution in [2.75, 3.05) is 33.0 Å². The monoisotopic (exact) mass is 754 g/mol. The maximum Gasteiger partial charge on any atom is 0.224 e. The Kier molecular flexibility index (Phi) is 20.9. The summed E-state index contributed by atoms with van der Waals surface area (Å²) >= 11 is 0. The molecule has 0 amide bonds. The highest BCUT2D eigenvalue weighted by Crippen LogP contribution is 2.36. The molecule has 3 aliphatic rings. The van der Waals surface area contributed by atoms with Gasteiger partial charge >= 0.3 is 0 Å². The van der Waals surface area contributed by atoms with Gasteiger partial charge in [-0.3, -0.25) is 0 Å². The minimum Gasteiger partial charge on any atom is -0.394 e. The summed E-state index contributed by atoms with van der Waals surface area (Å²) in [6.07, 6.45) is 0.0540. The smallest absolute Gasteiger partial charge is 0.224 e. The Morgan fingerprint density at radius 3 is 1.63 bits per heavy atom. The zero-order valence-electron chi connectivity index (χ0n) is 30.5. The molecule has 0 aromatic rings. The largest absolute Gasteiger partial charge is 0.394 e. The predicted octanol–water partition coefficient (Wildman–Crippen LogP) is -0.510. The Labute approximate surface area is 306 Å². The van der Waals surface area contributed by atoms with E-state index in [9.17, 15) is 51.1 Å². The van der Waals surface area contributed by atoms with Crippen LogP contribution in [0.4, 0.5) is 0 Å². The Hall–Kier alpha value is -0.900. The SMILES string of the molecule is CCCCCCCC/C=C\CCCCCCCCOC[C@H]1OC(OC[C@H]2OC(O[C@]3(CO)O[C@H](CO)[C@@H](O)[C@@H]3O)[C@H](O)[C@@H](O)[C@@H]2O)[C@H](O)[C@@H](O)[C@H]1O. The van der Waals surface area contributed by atoms with Crippen LogP contribution >= 0.6 is 0 Å². The van der Waals surface area contributed by atoms with E-state index in [1.165, 1.54) is 57.8 Å². The van der Waals surface area contributed by atoms with Crippen LogP contribution in [0.1, 0.15) is 96.8 Å². The third-order valence-electron chi connectivity index (χ3n) is 10.1. The maximum atomic E-state index is 10.6. The van der Waals surface area contributed by atoms with Crippen molar-refractivity contribution in [3.05, 3.63) is 12.2 Å². The molecule has 14 atom stereocenters. The van der Waals surface area contributed by atoms with E-state index < -0.39 is 105 Å². The van der Waals surface area contributed by atoms with Crippen molar-refractivity contribution in [1.82, 2.24) is 0 Å². The minimum atomic E-state index is -2.36. The molecule has 0 bridgehead atoms. The number of aliphatic hydroxyl groups excluding tert-OH is 10. The molecule has 3 saturated heterocycles. The van der Waals surface area contributed by atoms with E-state index in [4.69, 9.17) is 28.4 Å². The molecule has 0 radical (unpaired) electrons. The molecule has 16 nitrogen and oxygen atoms in total. The number of hydrogen-bond donors (Lipinski definition) is 10. The Morgan fingerprint density at radius 2 is 1.08 bits per heavy atom. The zero-order chi connectivity index (χ0) is 38.1. The summed E-state index contributed by atoms with van der Waals surface area (Å²) in [6.45, 7) is 0.188. The van der Waals surface area contributed by atoms with Crippen LogP contribution in [-0.2, 0) is 28.4 Å². The van der Waals surface area contributed by atoms with Gasteiger partial charge in [0.25, 0.3) is 0 Å². The summed E-state index contributed by atoms with van der Waals surface area (Å²) in [4.78, 5) is 0. The third-order valence-corrected chi connectivity index (χ3v) is 10.1. The van der Waals surface area contributed by atoms with Crippen LogP contribution in [0.5, 0.6) is 0 Å². The molecule has 52 heavy (non-hydrogen) atoms. The van der Waals surface area contributed by atoms with Gasteiger partial charge in [-0.1, -0.05) is 76.9 Å². The van der Waals surface area contributed by atoms with Gasteiger partial charge in [0.1, 0.15) is 73.8 Å². The number of allylic oxidation sites excluding steroid dienone is 2. The molecule has 0 aliphatic carbocycles. The average Bonchev–Trinajstić information content (AvgIpc) is 3.39. The predicted molar refractivity (Wildman–Crippen MR) is 184 cm³/mol. The third kappa shape index (κ3) is 13.1. The quantitative estimate of drug-likeness (QED) is 0.0416. The molecule has 3 aliphatic heterocycles. The average molecular weight is 755 g/mol. The van der Waals surface area contributed by atoms with E-state index in [0.717, 1.165) is 32.1 Å². The van der Waals surface area contributed by atoms with Crippen LogP contribution in [0.3, 0.4) is 0 Å². The molecule has 3 rings (SSSR count). The first-order valence-electron chi connectivity index (χ1n) is 19.2. The van der Waals surface area contributed by atoms with Crippen LogP contribution < -0.4 is 0 Å². The van der Waals surface area contributed by atoms with Gasteiger partial charge in [0.05, 0.1) is 19.8 Å². The Balaban J connectivity index is 1.35. The van der Waals surface area contributed by atoms with Crippen molar-refractivity contribution in [2.45, 2.75) is 182 Å². The van der Waals surface area contributed by atoms with Gasteiger partial charge < -0.3 is 79.5 Å². The Morgan fingerprint density at radius 1 is 0.558 bits per heavy atom. The topological polar surface area (TPSA) is 258 Å². The normalized spacial score (nSPS) is 38.4. The first kappa shape index (κ1) is 45.5. The van der Waals surface area contributed by atoms with E-state index in [2.05, 4.69) is 19.1 Å². The van der Waals surface area contributed by atoms with Crippen LogP contribution in [0.25, 0.3) is 0 Å². The van der Waals surface area contributed by atoms with Gasteiger partial charge in [0, 0.05) is 6.61 Å². The summed E-state index contributed by atoms with van der Waals surface area (Å²) < 4.78 is 33.3. The molecule has 10 N–H and O–H groups in total. The number of ether oxygens (including phenoxy) is 6. The standard InChI is InChI=1S/C36H66O16/c1-2-3-4-5-6-7-8-9-10-11-12-13-14-15-16-17-18-47-20-24-26(39)29(42)31(44)34(49-24)48-21-25-27(40)30(43)32(45)35(50-25)52-36(22-38)33(46)28(41)23(19-37)51-36/h9-10,23-35,37-46H,2-8,11-22H2,1H3/b10-9-/t23-,24-,25-,26+,27-,28-,29+,30+,31-,32-,33+,34?,35?,36+/m1/s1. The van der Waals surface area contributed by atoms with E-state index in [0.29, 0.717) is 6.61 Å². The van der Waals surface area contributed by atoms with Crippen molar-refractivity contribution >= 4 is 0 Å². The van der Waals surface area contributed by atoms with Gasteiger partial charge in [-0.15, -0.1) is 0 Å². The van der Waals surface area contributed by atoms with Gasteiger partial charge in [0.2, 0.25) is 5.79 Å². The lowest BCUT2D eigenvalue weighted by atomic mass is 9.98. The molecule has 0 aromatic carbocycles. The maximum absolute atomic E-state index is 10.6. The molecule has 0 saturated carbocycles. The molecule has 306 valence electrons. The fraction of sp³-hybridized carbons (Fsp3) is 0.944. The summed E-state index contributed by atoms with van der Waals surface area (Å²) in [5, 5.41) is 103. The lowest BCUT2D eigenvalue weighted by Crippen LogP contribution is -2.63. The lowest BCUT2D eigenvalue weighted by Gasteiger charge is -2.44. The first-order chi connectivity index (χ1) is 25.0. The second-order valence-corrected chi connectivity index (χ2v) is 14.2. The molecule has 0 aromatic heterocycles. The van der Waals surface area contributed by atoms with Crippen molar-refractivity contribution in [1.29, 1.82) is 0 Å². The molecular weight excluding hydrogens is 688 g/mol. The van der Waals surface area contributed by atoms with Crippen molar-refractivity contribution < 1.29 is 79.5 Å². The van der Waals surface area contributed by atoms with Crippen LogP contribution in [0, 0.1) is 0 Å². The van der Waals surface area contributed by atoms with Crippen LogP contribution in [0.15, 0.2) is 12.2 Å². The summed E-state index contributed by atoms with van der Waals surface area (Å²) in [7, 11) is 0. The molecule has 3 fully saturated rings. The molecular formula is C36H66O16. The highest BCUT2D eigenvalue weighted by Gasteiger charge is 2.58. The fourth-order valence-electron chi connectivity index (χ4n) is 6.65. The van der Waals surface area contributed by atoms with Crippen LogP contribution in [0.2, 0.25) is 0 Å². The highest BCUT2D eigenvalue weighted by molar-refractivity contribution is 4.99. The number of rotatable bonds is 25. The van der Waals surface area contributed by atoms with E-state index >= 15 is 0 Å². The minimum absolute atomic E-state index is 0.0918. The van der Waals surface area contributed by atoms with Gasteiger partial charge in [-0.2, -0.15) is 0 Å². The van der Waals surface area contributed by atoms with Gasteiger partial charge in [-0.25, -0.2) is 0 Å². The lowest BCUT2D eigenvalue weighted by molar-refractivity contribution is -0.388. The van der Waals surface area contributed by atoms with Crippen molar-refractivity contribution in [3.63, 3.8) is 0 Å². The Bertz CT molecular complexity index is 977. The zero-order valence-corrected chi connectivity index (χ0v) is 30.5.